The van der Waals surface area contributed by atoms with Crippen LogP contribution in [0.3, 0.4) is 0 Å². The third-order valence-electron chi connectivity index (χ3n) is 2.50. The Morgan fingerprint density at radius 3 is 2.47 bits per heavy atom. The molecule has 0 fully saturated rings. The van der Waals surface area contributed by atoms with Gasteiger partial charge in [0.1, 0.15) is 0 Å². The number of benzene rings is 2. The quantitative estimate of drug-likeness (QED) is 0.768. The summed E-state index contributed by atoms with van der Waals surface area (Å²) in [5, 5.41) is 11.9. The van der Waals surface area contributed by atoms with Crippen molar-refractivity contribution >= 4 is 17.1 Å². The number of nitrogen functional groups attached to an aromatic ring is 1. The Hall–Kier alpha value is -2.47. The third kappa shape index (κ3) is 2.56. The molecule has 84 valence electrons. The van der Waals surface area contributed by atoms with Crippen molar-refractivity contribution < 1.29 is 0 Å². The number of rotatable bonds is 2. The number of nitriles is 1. The Labute approximate surface area is 101 Å². The highest BCUT2D eigenvalue weighted by atomic mass is 14.9. The Balaban J connectivity index is 2.25. The first-order chi connectivity index (χ1) is 8.19. The van der Waals surface area contributed by atoms with E-state index < -0.39 is 0 Å². The highest BCUT2D eigenvalue weighted by molar-refractivity contribution is 5.73. The Kier molecular flexibility index (Phi) is 2.97. The van der Waals surface area contributed by atoms with Crippen molar-refractivity contribution in [3.8, 4) is 6.07 Å². The fourth-order valence-corrected chi connectivity index (χ4v) is 1.56. The lowest BCUT2D eigenvalue weighted by molar-refractivity contribution is 1.44. The second kappa shape index (κ2) is 4.58. The van der Waals surface area contributed by atoms with E-state index in [1.165, 1.54) is 0 Å². The summed E-state index contributed by atoms with van der Waals surface area (Å²) in [6.07, 6.45) is 0. The van der Waals surface area contributed by atoms with Gasteiger partial charge in [0, 0.05) is 5.69 Å². The smallest absolute Gasteiger partial charge is 0.0991 e. The second-order valence-electron chi connectivity index (χ2n) is 3.90. The summed E-state index contributed by atoms with van der Waals surface area (Å²) in [6.45, 7) is 2.02. The van der Waals surface area contributed by atoms with E-state index in [1.54, 1.807) is 12.1 Å². The average Bonchev–Trinajstić information content (AvgIpc) is 2.35. The van der Waals surface area contributed by atoms with Gasteiger partial charge in [-0.25, -0.2) is 0 Å². The van der Waals surface area contributed by atoms with Gasteiger partial charge < -0.3 is 11.1 Å². The summed E-state index contributed by atoms with van der Waals surface area (Å²) in [5.74, 6) is 0. The van der Waals surface area contributed by atoms with Crippen LogP contribution in [0.15, 0.2) is 42.5 Å². The number of nitrogens with zero attached hydrogens (tertiary/aromatic N) is 1. The number of nitrogens with two attached hydrogens (primary N) is 1. The predicted octanol–water partition coefficient (Wildman–Crippen LogP) is 3.19. The summed E-state index contributed by atoms with van der Waals surface area (Å²) in [6, 6.07) is 15.2. The van der Waals surface area contributed by atoms with E-state index in [-0.39, 0.29) is 0 Å². The average molecular weight is 223 g/mol. The zero-order valence-corrected chi connectivity index (χ0v) is 9.57. The van der Waals surface area contributed by atoms with Gasteiger partial charge in [-0.1, -0.05) is 6.07 Å². The third-order valence-corrected chi connectivity index (χ3v) is 2.50. The highest BCUT2D eigenvalue weighted by Gasteiger charge is 2.00. The number of hydrogen-bond donors (Lipinski definition) is 2. The van der Waals surface area contributed by atoms with Gasteiger partial charge in [0.15, 0.2) is 0 Å². The summed E-state index contributed by atoms with van der Waals surface area (Å²) in [5.41, 5.74) is 10.2. The molecule has 0 bridgehead atoms. The van der Waals surface area contributed by atoms with Crippen molar-refractivity contribution in [2.75, 3.05) is 11.1 Å². The largest absolute Gasteiger partial charge is 0.397 e. The topological polar surface area (TPSA) is 61.8 Å². The molecule has 3 nitrogen and oxygen atoms in total. The van der Waals surface area contributed by atoms with Crippen LogP contribution in [0.2, 0.25) is 0 Å². The molecule has 0 aliphatic heterocycles. The van der Waals surface area contributed by atoms with Crippen LogP contribution in [-0.2, 0) is 0 Å². The van der Waals surface area contributed by atoms with Gasteiger partial charge in [0.05, 0.1) is 23.0 Å². The molecule has 0 heterocycles. The Morgan fingerprint density at radius 1 is 1.12 bits per heavy atom. The lowest BCUT2D eigenvalue weighted by Gasteiger charge is -2.10. The van der Waals surface area contributed by atoms with Crippen molar-refractivity contribution in [2.24, 2.45) is 0 Å². The minimum atomic E-state index is 0.646. The molecular weight excluding hydrogens is 210 g/mol. The molecule has 0 saturated carbocycles. The SMILES string of the molecule is Cc1ccc(N)c(Nc2ccc(C#N)cc2)c1. The van der Waals surface area contributed by atoms with Crippen molar-refractivity contribution in [3.63, 3.8) is 0 Å². The standard InChI is InChI=1S/C14H13N3/c1-10-2-7-13(16)14(8-10)17-12-5-3-11(9-15)4-6-12/h2-8,17H,16H2,1H3. The molecular formula is C14H13N3. The highest BCUT2D eigenvalue weighted by Crippen LogP contribution is 2.24. The maximum atomic E-state index is 8.71. The predicted molar refractivity (Wildman–Crippen MR) is 70.0 cm³/mol. The maximum Gasteiger partial charge on any atom is 0.0991 e. The minimum absolute atomic E-state index is 0.646. The summed E-state index contributed by atoms with van der Waals surface area (Å²) in [4.78, 5) is 0. The van der Waals surface area contributed by atoms with Gasteiger partial charge >= 0.3 is 0 Å². The molecule has 2 rings (SSSR count). The lowest BCUT2D eigenvalue weighted by atomic mass is 10.1. The second-order valence-corrected chi connectivity index (χ2v) is 3.90. The number of anilines is 3. The maximum absolute atomic E-state index is 8.71. The van der Waals surface area contributed by atoms with E-state index in [0.717, 1.165) is 16.9 Å². The summed E-state index contributed by atoms with van der Waals surface area (Å²) < 4.78 is 0. The van der Waals surface area contributed by atoms with Gasteiger partial charge in [0.25, 0.3) is 0 Å². The Morgan fingerprint density at radius 2 is 1.82 bits per heavy atom. The summed E-state index contributed by atoms with van der Waals surface area (Å²) >= 11 is 0. The molecule has 0 atom stereocenters. The molecule has 0 amide bonds. The zero-order valence-electron chi connectivity index (χ0n) is 9.57. The lowest BCUT2D eigenvalue weighted by Crippen LogP contribution is -1.96. The van der Waals surface area contributed by atoms with Crippen LogP contribution in [0.1, 0.15) is 11.1 Å². The molecule has 2 aromatic rings. The fourth-order valence-electron chi connectivity index (χ4n) is 1.56. The normalized spacial score (nSPS) is 9.65. The molecule has 0 aliphatic carbocycles. The van der Waals surface area contributed by atoms with Crippen molar-refractivity contribution in [1.29, 1.82) is 5.26 Å². The van der Waals surface area contributed by atoms with Crippen LogP contribution in [-0.4, -0.2) is 0 Å². The first-order valence-corrected chi connectivity index (χ1v) is 5.32. The van der Waals surface area contributed by atoms with Crippen molar-refractivity contribution in [1.82, 2.24) is 0 Å². The van der Waals surface area contributed by atoms with Crippen LogP contribution >= 0.6 is 0 Å². The molecule has 0 spiro atoms. The molecule has 3 N–H and O–H groups in total. The molecule has 0 saturated heterocycles. The molecule has 0 aromatic heterocycles. The van der Waals surface area contributed by atoms with Gasteiger partial charge in [-0.15, -0.1) is 0 Å². The molecule has 17 heavy (non-hydrogen) atoms. The molecule has 3 heteroatoms. The molecule has 0 aliphatic rings. The van der Waals surface area contributed by atoms with E-state index in [4.69, 9.17) is 11.0 Å². The number of aryl methyl sites for hydroxylation is 1. The van der Waals surface area contributed by atoms with Gasteiger partial charge in [-0.05, 0) is 48.9 Å². The number of nitrogens with one attached hydrogen (secondary N) is 1. The molecule has 0 radical (unpaired) electrons. The Bertz CT molecular complexity index is 565. The molecule has 2 aromatic carbocycles. The zero-order chi connectivity index (χ0) is 12.3. The molecule has 0 unspecified atom stereocenters. The van der Waals surface area contributed by atoms with Crippen LogP contribution in [0, 0.1) is 18.3 Å². The van der Waals surface area contributed by atoms with Crippen LogP contribution < -0.4 is 11.1 Å². The number of hydrogen-bond acceptors (Lipinski definition) is 3. The van der Waals surface area contributed by atoms with Gasteiger partial charge in [0.2, 0.25) is 0 Å². The van der Waals surface area contributed by atoms with Crippen LogP contribution in [0.5, 0.6) is 0 Å². The van der Waals surface area contributed by atoms with E-state index in [9.17, 15) is 0 Å². The van der Waals surface area contributed by atoms with E-state index in [1.807, 2.05) is 37.3 Å². The van der Waals surface area contributed by atoms with Crippen molar-refractivity contribution in [2.45, 2.75) is 6.92 Å². The van der Waals surface area contributed by atoms with Gasteiger partial charge in [-0.3, -0.25) is 0 Å². The first-order valence-electron chi connectivity index (χ1n) is 5.32. The first kappa shape index (κ1) is 11.0. The van der Waals surface area contributed by atoms with E-state index in [0.29, 0.717) is 11.3 Å². The fraction of sp³-hybridized carbons (Fsp3) is 0.0714. The van der Waals surface area contributed by atoms with E-state index >= 15 is 0 Å². The minimum Gasteiger partial charge on any atom is -0.397 e. The summed E-state index contributed by atoms with van der Waals surface area (Å²) in [7, 11) is 0. The van der Waals surface area contributed by atoms with Gasteiger partial charge in [-0.2, -0.15) is 5.26 Å². The van der Waals surface area contributed by atoms with Crippen molar-refractivity contribution in [3.05, 3.63) is 53.6 Å². The van der Waals surface area contributed by atoms with Crippen LogP contribution in [0.4, 0.5) is 17.1 Å². The monoisotopic (exact) mass is 223 g/mol. The van der Waals surface area contributed by atoms with E-state index in [2.05, 4.69) is 11.4 Å². The van der Waals surface area contributed by atoms with Crippen LogP contribution in [0.25, 0.3) is 0 Å².